The number of hydrogen-bond acceptors (Lipinski definition) is 7. The van der Waals surface area contributed by atoms with Crippen LogP contribution in [-0.4, -0.2) is 64.5 Å². The van der Waals surface area contributed by atoms with Gasteiger partial charge in [-0.05, 0) is 75.2 Å². The highest BCUT2D eigenvalue weighted by molar-refractivity contribution is 6.30. The van der Waals surface area contributed by atoms with Crippen molar-refractivity contribution in [2.45, 2.75) is 39.3 Å². The lowest BCUT2D eigenvalue weighted by molar-refractivity contribution is -0.133. The molecule has 4 aromatic rings. The van der Waals surface area contributed by atoms with Crippen molar-refractivity contribution in [1.82, 2.24) is 20.0 Å². The van der Waals surface area contributed by atoms with E-state index in [1.165, 1.54) is 4.68 Å². The number of amides is 2. The fourth-order valence-electron chi connectivity index (χ4n) is 4.97. The van der Waals surface area contributed by atoms with E-state index in [-0.39, 0.29) is 11.7 Å². The number of nitrogens with one attached hydrogen (secondary N) is 1. The monoisotopic (exact) mass is 629 g/mol. The number of nitrogens with zero attached hydrogens (tertiary/aromatic N) is 4. The van der Waals surface area contributed by atoms with E-state index in [1.54, 1.807) is 63.1 Å². The van der Waals surface area contributed by atoms with Crippen LogP contribution >= 0.6 is 11.6 Å². The third kappa shape index (κ3) is 7.82. The number of piperazine rings is 1. The number of ether oxygens (including phenoxy) is 2. The van der Waals surface area contributed by atoms with E-state index >= 15 is 0 Å². The van der Waals surface area contributed by atoms with Crippen molar-refractivity contribution in [2.75, 3.05) is 31.1 Å². The Morgan fingerprint density at radius 3 is 2.13 bits per heavy atom. The number of alkyl carbamates (subject to hydrolysis) is 1. The molecule has 11 heteroatoms. The van der Waals surface area contributed by atoms with Crippen LogP contribution in [-0.2, 0) is 9.53 Å². The second-order valence-corrected chi connectivity index (χ2v) is 12.2. The number of carbonyl (C=O) groups is 2. The summed E-state index contributed by atoms with van der Waals surface area (Å²) < 4.78 is 12.8. The molecule has 1 unspecified atom stereocenters. The molecule has 1 aliphatic heterocycles. The van der Waals surface area contributed by atoms with Gasteiger partial charge in [0, 0.05) is 31.2 Å². The van der Waals surface area contributed by atoms with Crippen molar-refractivity contribution in [3.05, 3.63) is 100 Å². The first kappa shape index (κ1) is 31.6. The average molecular weight is 630 g/mol. The number of carbonyl (C=O) groups excluding carboxylic acids is 2. The van der Waals surface area contributed by atoms with Crippen LogP contribution in [0.3, 0.4) is 0 Å². The Hall–Kier alpha value is -4.83. The van der Waals surface area contributed by atoms with Crippen LogP contribution < -0.4 is 20.5 Å². The van der Waals surface area contributed by atoms with Crippen LogP contribution in [0.5, 0.6) is 11.5 Å². The van der Waals surface area contributed by atoms with Gasteiger partial charge in [0.25, 0.3) is 0 Å². The third-order valence-electron chi connectivity index (χ3n) is 7.20. The predicted molar refractivity (Wildman–Crippen MR) is 174 cm³/mol. The summed E-state index contributed by atoms with van der Waals surface area (Å²) in [5.41, 5.74) is 2.05. The maximum absolute atomic E-state index is 13.9. The SMILES string of the molecule is CC(NC(=O)OC(C)(C)C)C(=O)N1CCN(c2cnn(-c3ccc(Cl)cc3)c(=O)c2Oc2ccc(-c3ccccc3)cc2)CC1. The molecule has 2 heterocycles. The van der Waals surface area contributed by atoms with Gasteiger partial charge in [-0.2, -0.15) is 9.78 Å². The van der Waals surface area contributed by atoms with Crippen molar-refractivity contribution in [1.29, 1.82) is 0 Å². The summed E-state index contributed by atoms with van der Waals surface area (Å²) >= 11 is 6.07. The van der Waals surface area contributed by atoms with E-state index in [1.807, 2.05) is 59.5 Å². The van der Waals surface area contributed by atoms with Gasteiger partial charge in [-0.15, -0.1) is 0 Å². The quantitative estimate of drug-likeness (QED) is 0.271. The Kier molecular flexibility index (Phi) is 9.43. The maximum Gasteiger partial charge on any atom is 0.408 e. The fraction of sp³-hybridized carbons (Fsp3) is 0.294. The zero-order valence-corrected chi connectivity index (χ0v) is 26.5. The summed E-state index contributed by atoms with van der Waals surface area (Å²) in [6, 6.07) is 23.6. The molecule has 1 atom stereocenters. The first-order chi connectivity index (χ1) is 21.5. The highest BCUT2D eigenvalue weighted by atomic mass is 35.5. The molecule has 1 saturated heterocycles. The lowest BCUT2D eigenvalue weighted by atomic mass is 10.1. The van der Waals surface area contributed by atoms with E-state index in [2.05, 4.69) is 10.4 Å². The molecule has 2 amide bonds. The molecule has 0 bridgehead atoms. The summed E-state index contributed by atoms with van der Waals surface area (Å²) in [5, 5.41) is 7.61. The Balaban J connectivity index is 1.36. The van der Waals surface area contributed by atoms with Crippen molar-refractivity contribution in [3.63, 3.8) is 0 Å². The Bertz CT molecular complexity index is 1690. The standard InChI is InChI=1S/C34H36ClN5O5/c1-23(37-33(43)45-34(2,3)4)31(41)39-20-18-38(19-21-39)29-22-36-40(27-14-12-26(35)13-15-27)32(42)30(29)44-28-16-10-25(11-17-28)24-8-6-5-7-9-24/h5-17,22-23H,18-21H2,1-4H3,(H,37,43). The Morgan fingerprint density at radius 1 is 0.889 bits per heavy atom. The molecule has 3 aromatic carbocycles. The second-order valence-electron chi connectivity index (χ2n) is 11.7. The Labute approximate surface area is 267 Å². The van der Waals surface area contributed by atoms with E-state index in [4.69, 9.17) is 21.1 Å². The number of halogens is 1. The maximum atomic E-state index is 13.9. The number of aromatic nitrogens is 2. The van der Waals surface area contributed by atoms with Crippen molar-refractivity contribution >= 4 is 29.3 Å². The molecule has 45 heavy (non-hydrogen) atoms. The normalized spacial score (nSPS) is 14.1. The molecule has 1 aliphatic rings. The average Bonchev–Trinajstić information content (AvgIpc) is 3.02. The first-order valence-electron chi connectivity index (χ1n) is 14.7. The molecular weight excluding hydrogens is 594 g/mol. The van der Waals surface area contributed by atoms with Crippen LogP contribution in [0.25, 0.3) is 16.8 Å². The van der Waals surface area contributed by atoms with Gasteiger partial charge in [0.2, 0.25) is 11.7 Å². The molecular formula is C34H36ClN5O5. The summed E-state index contributed by atoms with van der Waals surface area (Å²) in [4.78, 5) is 42.8. The fourth-order valence-corrected chi connectivity index (χ4v) is 5.09. The molecule has 1 N–H and O–H groups in total. The van der Waals surface area contributed by atoms with E-state index in [0.29, 0.717) is 48.3 Å². The smallest absolute Gasteiger partial charge is 0.408 e. The molecule has 1 fully saturated rings. The summed E-state index contributed by atoms with van der Waals surface area (Å²) in [7, 11) is 0. The van der Waals surface area contributed by atoms with Crippen molar-refractivity contribution in [2.24, 2.45) is 0 Å². The summed E-state index contributed by atoms with van der Waals surface area (Å²) in [6.07, 6.45) is 0.960. The molecule has 0 radical (unpaired) electrons. The Morgan fingerprint density at radius 2 is 1.51 bits per heavy atom. The minimum absolute atomic E-state index is 0.118. The topological polar surface area (TPSA) is 106 Å². The zero-order chi connectivity index (χ0) is 32.1. The van der Waals surface area contributed by atoms with Crippen LogP contribution in [0.2, 0.25) is 5.02 Å². The lowest BCUT2D eigenvalue weighted by Gasteiger charge is -2.37. The molecule has 0 spiro atoms. The van der Waals surface area contributed by atoms with Gasteiger partial charge in [-0.25, -0.2) is 4.79 Å². The van der Waals surface area contributed by atoms with Crippen LogP contribution in [0.1, 0.15) is 27.7 Å². The van der Waals surface area contributed by atoms with Crippen LogP contribution in [0, 0.1) is 0 Å². The van der Waals surface area contributed by atoms with Gasteiger partial charge in [0.05, 0.1) is 11.9 Å². The van der Waals surface area contributed by atoms with Gasteiger partial charge in [-0.3, -0.25) is 9.59 Å². The third-order valence-corrected chi connectivity index (χ3v) is 7.45. The number of anilines is 1. The van der Waals surface area contributed by atoms with Gasteiger partial charge in [-0.1, -0.05) is 54.1 Å². The van der Waals surface area contributed by atoms with Gasteiger partial charge >= 0.3 is 11.7 Å². The van der Waals surface area contributed by atoms with Gasteiger partial charge in [0.1, 0.15) is 23.1 Å². The molecule has 0 aliphatic carbocycles. The number of rotatable bonds is 7. The predicted octanol–water partition coefficient (Wildman–Crippen LogP) is 5.91. The first-order valence-corrected chi connectivity index (χ1v) is 15.1. The molecule has 234 valence electrons. The summed E-state index contributed by atoms with van der Waals surface area (Å²) in [6.45, 7) is 8.54. The van der Waals surface area contributed by atoms with Crippen molar-refractivity contribution < 1.29 is 19.1 Å². The van der Waals surface area contributed by atoms with Crippen LogP contribution in [0.15, 0.2) is 89.9 Å². The number of hydrogen-bond donors (Lipinski definition) is 1. The zero-order valence-electron chi connectivity index (χ0n) is 25.7. The minimum Gasteiger partial charge on any atom is -0.449 e. The lowest BCUT2D eigenvalue weighted by Crippen LogP contribution is -2.54. The largest absolute Gasteiger partial charge is 0.449 e. The number of benzene rings is 3. The molecule has 0 saturated carbocycles. The van der Waals surface area contributed by atoms with E-state index in [0.717, 1.165) is 11.1 Å². The van der Waals surface area contributed by atoms with Crippen LogP contribution in [0.4, 0.5) is 10.5 Å². The molecule has 10 nitrogen and oxygen atoms in total. The van der Waals surface area contributed by atoms with E-state index in [9.17, 15) is 14.4 Å². The van der Waals surface area contributed by atoms with Gasteiger partial charge in [0.15, 0.2) is 0 Å². The van der Waals surface area contributed by atoms with E-state index < -0.39 is 23.3 Å². The molecule has 5 rings (SSSR count). The summed E-state index contributed by atoms with van der Waals surface area (Å²) in [5.74, 6) is 0.400. The minimum atomic E-state index is -0.755. The molecule has 1 aromatic heterocycles. The van der Waals surface area contributed by atoms with Crippen molar-refractivity contribution in [3.8, 4) is 28.3 Å². The van der Waals surface area contributed by atoms with Gasteiger partial charge < -0.3 is 24.6 Å². The second kappa shape index (κ2) is 13.4. The highest BCUT2D eigenvalue weighted by Crippen LogP contribution is 2.31. The highest BCUT2D eigenvalue weighted by Gasteiger charge is 2.29.